The third-order valence-electron chi connectivity index (χ3n) is 3.63. The van der Waals surface area contributed by atoms with E-state index in [4.69, 9.17) is 11.6 Å². The average molecular weight is 406 g/mol. The lowest BCUT2D eigenvalue weighted by Crippen LogP contribution is -2.24. The van der Waals surface area contributed by atoms with Crippen LogP contribution in [-0.2, 0) is 17.8 Å². The Kier molecular flexibility index (Phi) is 5.02. The number of fused-ring (bicyclic) bond motifs is 1. The summed E-state index contributed by atoms with van der Waals surface area (Å²) in [5.41, 5.74) is 1.31. The molecule has 24 heavy (non-hydrogen) atoms. The van der Waals surface area contributed by atoms with Crippen LogP contribution >= 0.6 is 27.5 Å². The van der Waals surface area contributed by atoms with Crippen LogP contribution in [0.25, 0.3) is 10.8 Å². The normalized spacial score (nSPS) is 10.8. The van der Waals surface area contributed by atoms with E-state index in [0.29, 0.717) is 22.6 Å². The van der Waals surface area contributed by atoms with Crippen LogP contribution in [0.15, 0.2) is 53.1 Å². The molecule has 122 valence electrons. The van der Waals surface area contributed by atoms with E-state index in [9.17, 15) is 9.90 Å². The van der Waals surface area contributed by atoms with E-state index >= 15 is 0 Å². The van der Waals surface area contributed by atoms with Gasteiger partial charge in [0.2, 0.25) is 5.91 Å². The molecule has 0 aliphatic heterocycles. The van der Waals surface area contributed by atoms with E-state index < -0.39 is 0 Å². The van der Waals surface area contributed by atoms with Crippen LogP contribution in [0.3, 0.4) is 0 Å². The molecule has 0 aliphatic rings. The Morgan fingerprint density at radius 3 is 2.71 bits per heavy atom. The molecule has 0 atom stereocenters. The molecule has 1 heterocycles. The van der Waals surface area contributed by atoms with Crippen molar-refractivity contribution in [3.05, 3.63) is 69.4 Å². The Balaban J connectivity index is 1.71. The van der Waals surface area contributed by atoms with Gasteiger partial charge in [0.15, 0.2) is 0 Å². The molecule has 0 spiro atoms. The number of nitrogens with zero attached hydrogens (tertiary/aromatic N) is 1. The molecule has 4 nitrogen and oxygen atoms in total. The topological polar surface area (TPSA) is 62.2 Å². The zero-order valence-electron chi connectivity index (χ0n) is 12.6. The van der Waals surface area contributed by atoms with Gasteiger partial charge in [-0.05, 0) is 29.8 Å². The van der Waals surface area contributed by atoms with Crippen molar-refractivity contribution < 1.29 is 9.90 Å². The minimum absolute atomic E-state index is 0.0158. The molecule has 0 unspecified atom stereocenters. The molecule has 0 saturated carbocycles. The lowest BCUT2D eigenvalue weighted by molar-refractivity contribution is -0.120. The number of rotatable bonds is 4. The number of nitrogens with one attached hydrogen (secondary N) is 1. The summed E-state index contributed by atoms with van der Waals surface area (Å²) in [5, 5.41) is 15.3. The number of carbonyl (C=O) groups is 1. The first kappa shape index (κ1) is 16.7. The van der Waals surface area contributed by atoms with Crippen molar-refractivity contribution in [1.82, 2.24) is 10.3 Å². The molecule has 0 saturated heterocycles. The van der Waals surface area contributed by atoms with Crippen molar-refractivity contribution in [3.8, 4) is 5.75 Å². The summed E-state index contributed by atoms with van der Waals surface area (Å²) in [6, 6.07) is 12.8. The van der Waals surface area contributed by atoms with E-state index in [2.05, 4.69) is 26.2 Å². The molecule has 0 radical (unpaired) electrons. The third kappa shape index (κ3) is 3.86. The van der Waals surface area contributed by atoms with Gasteiger partial charge in [0.05, 0.1) is 12.1 Å². The highest BCUT2D eigenvalue weighted by atomic mass is 79.9. The Morgan fingerprint density at radius 2 is 1.96 bits per heavy atom. The van der Waals surface area contributed by atoms with E-state index in [1.54, 1.807) is 18.3 Å². The molecule has 1 aromatic heterocycles. The van der Waals surface area contributed by atoms with Crippen molar-refractivity contribution in [1.29, 1.82) is 0 Å². The molecule has 0 aliphatic carbocycles. The Morgan fingerprint density at radius 1 is 1.21 bits per heavy atom. The molecule has 1 amide bonds. The maximum atomic E-state index is 12.1. The lowest BCUT2D eigenvalue weighted by atomic mass is 10.1. The summed E-state index contributed by atoms with van der Waals surface area (Å²) in [6.45, 7) is 0.399. The van der Waals surface area contributed by atoms with Crippen LogP contribution in [-0.4, -0.2) is 16.0 Å². The number of halogens is 2. The van der Waals surface area contributed by atoms with Gasteiger partial charge in [0, 0.05) is 33.0 Å². The Labute approximate surface area is 152 Å². The zero-order valence-corrected chi connectivity index (χ0v) is 14.9. The molecular formula is C18H14BrClN2O2. The number of carbonyl (C=O) groups excluding carboxylic acids is 1. The monoisotopic (exact) mass is 404 g/mol. The van der Waals surface area contributed by atoms with Crippen LogP contribution < -0.4 is 5.32 Å². The first-order chi connectivity index (χ1) is 11.5. The van der Waals surface area contributed by atoms with E-state index in [0.717, 1.165) is 15.4 Å². The van der Waals surface area contributed by atoms with Gasteiger partial charge in [-0.2, -0.15) is 0 Å². The summed E-state index contributed by atoms with van der Waals surface area (Å²) in [4.78, 5) is 16.3. The molecule has 3 aromatic rings. The maximum Gasteiger partial charge on any atom is 0.226 e. The molecule has 2 aromatic carbocycles. The second-order valence-electron chi connectivity index (χ2n) is 5.37. The summed E-state index contributed by atoms with van der Waals surface area (Å²) in [5.74, 6) is -0.169. The average Bonchev–Trinajstić information content (AvgIpc) is 2.57. The fourth-order valence-corrected chi connectivity index (χ4v) is 2.84. The number of pyridine rings is 1. The number of aromatic hydroxyl groups is 1. The van der Waals surface area contributed by atoms with Gasteiger partial charge in [0.25, 0.3) is 0 Å². The van der Waals surface area contributed by atoms with Crippen molar-refractivity contribution in [2.45, 2.75) is 13.0 Å². The number of amides is 1. The highest BCUT2D eigenvalue weighted by Gasteiger charge is 2.12. The second kappa shape index (κ2) is 7.20. The molecule has 3 rings (SSSR count). The van der Waals surface area contributed by atoms with Crippen LogP contribution in [0.5, 0.6) is 5.75 Å². The number of hydrogen-bond acceptors (Lipinski definition) is 3. The van der Waals surface area contributed by atoms with Gasteiger partial charge < -0.3 is 10.4 Å². The van der Waals surface area contributed by atoms with Crippen molar-refractivity contribution >= 4 is 44.2 Å². The van der Waals surface area contributed by atoms with Gasteiger partial charge in [0.1, 0.15) is 5.75 Å². The van der Waals surface area contributed by atoms with Crippen LogP contribution in [0.2, 0.25) is 5.02 Å². The zero-order chi connectivity index (χ0) is 17.1. The first-order valence-electron chi connectivity index (χ1n) is 7.30. The highest BCUT2D eigenvalue weighted by molar-refractivity contribution is 9.10. The lowest BCUT2D eigenvalue weighted by Gasteiger charge is -2.09. The summed E-state index contributed by atoms with van der Waals surface area (Å²) >= 11 is 9.21. The van der Waals surface area contributed by atoms with Crippen LogP contribution in [0.1, 0.15) is 11.3 Å². The van der Waals surface area contributed by atoms with Crippen LogP contribution in [0.4, 0.5) is 0 Å². The molecule has 2 N–H and O–H groups in total. The second-order valence-corrected chi connectivity index (χ2v) is 6.72. The van der Waals surface area contributed by atoms with Gasteiger partial charge in [-0.1, -0.05) is 45.7 Å². The summed E-state index contributed by atoms with van der Waals surface area (Å²) < 4.78 is 0.856. The number of benzene rings is 2. The smallest absolute Gasteiger partial charge is 0.226 e. The Bertz CT molecular complexity index is 897. The fraction of sp³-hybridized carbons (Fsp3) is 0.111. The van der Waals surface area contributed by atoms with Crippen LogP contribution in [0, 0.1) is 0 Å². The van der Waals surface area contributed by atoms with Crippen molar-refractivity contribution in [3.63, 3.8) is 0 Å². The van der Waals surface area contributed by atoms with Gasteiger partial charge >= 0.3 is 0 Å². The summed E-state index contributed by atoms with van der Waals surface area (Å²) in [6.07, 6.45) is 1.67. The minimum atomic E-state index is -0.206. The van der Waals surface area contributed by atoms with Gasteiger partial charge in [-0.3, -0.25) is 9.78 Å². The molecule has 0 bridgehead atoms. The fourth-order valence-electron chi connectivity index (χ4n) is 2.36. The number of hydrogen-bond donors (Lipinski definition) is 2. The van der Waals surface area contributed by atoms with Crippen molar-refractivity contribution in [2.24, 2.45) is 0 Å². The quantitative estimate of drug-likeness (QED) is 0.683. The third-order valence-corrected chi connectivity index (χ3v) is 4.38. The molecule has 6 heteroatoms. The van der Waals surface area contributed by atoms with E-state index in [-0.39, 0.29) is 18.1 Å². The predicted molar refractivity (Wildman–Crippen MR) is 98.1 cm³/mol. The predicted octanol–water partition coefficient (Wildman–Crippen LogP) is 4.22. The first-order valence-corrected chi connectivity index (χ1v) is 8.47. The summed E-state index contributed by atoms with van der Waals surface area (Å²) in [7, 11) is 0. The SMILES string of the molecule is O=C(Cc1ncc2ccc(Br)cc2c1O)NCc1ccc(Cl)cc1. The molecular weight excluding hydrogens is 392 g/mol. The highest BCUT2D eigenvalue weighted by Crippen LogP contribution is 2.29. The van der Waals surface area contributed by atoms with E-state index in [1.807, 2.05) is 30.3 Å². The standard InChI is InChI=1S/C18H14BrClN2O2/c19-13-4-3-12-10-21-16(18(24)15(12)7-13)8-17(23)22-9-11-1-5-14(20)6-2-11/h1-7,10,24H,8-9H2,(H,22,23). The minimum Gasteiger partial charge on any atom is -0.505 e. The Hall–Kier alpha value is -2.11. The maximum absolute atomic E-state index is 12.1. The van der Waals surface area contributed by atoms with Gasteiger partial charge in [-0.25, -0.2) is 0 Å². The van der Waals surface area contributed by atoms with Crippen molar-refractivity contribution in [2.75, 3.05) is 0 Å². The molecule has 0 fully saturated rings. The van der Waals surface area contributed by atoms with Gasteiger partial charge in [-0.15, -0.1) is 0 Å². The van der Waals surface area contributed by atoms with E-state index in [1.165, 1.54) is 0 Å². The number of aromatic nitrogens is 1. The largest absolute Gasteiger partial charge is 0.505 e.